The summed E-state index contributed by atoms with van der Waals surface area (Å²) < 4.78 is 5.15. The van der Waals surface area contributed by atoms with Crippen molar-refractivity contribution in [2.75, 3.05) is 0 Å². The van der Waals surface area contributed by atoms with Crippen LogP contribution in [-0.4, -0.2) is 10.9 Å². The summed E-state index contributed by atoms with van der Waals surface area (Å²) in [4.78, 5) is 14.7. The van der Waals surface area contributed by atoms with Crippen LogP contribution in [0, 0.1) is 0 Å². The zero-order valence-corrected chi connectivity index (χ0v) is 6.86. The summed E-state index contributed by atoms with van der Waals surface area (Å²) in [6, 6.07) is 3.54. The Balaban J connectivity index is 2.42. The number of nitrogens with two attached hydrogens (primary N) is 1. The monoisotopic (exact) mass is 176 g/mol. The molecule has 0 aliphatic rings. The number of aromatic nitrogens is 1. The highest BCUT2D eigenvalue weighted by molar-refractivity contribution is 5.79. The summed E-state index contributed by atoms with van der Waals surface area (Å²) >= 11 is 0. The van der Waals surface area contributed by atoms with Crippen molar-refractivity contribution in [2.24, 2.45) is 5.73 Å². The van der Waals surface area contributed by atoms with Crippen molar-refractivity contribution in [3.05, 3.63) is 30.3 Å². The van der Waals surface area contributed by atoms with Crippen LogP contribution < -0.4 is 5.73 Å². The first-order valence-electron chi connectivity index (χ1n) is 3.86. The quantitative estimate of drug-likeness (QED) is 0.737. The predicted molar refractivity (Wildman–Crippen MR) is 46.9 cm³/mol. The highest BCUT2D eigenvalue weighted by Gasteiger charge is 2.02. The molecule has 0 aromatic carbocycles. The van der Waals surface area contributed by atoms with E-state index >= 15 is 0 Å². The Bertz CT molecular complexity index is 448. The molecule has 4 nitrogen and oxygen atoms in total. The molecule has 13 heavy (non-hydrogen) atoms. The van der Waals surface area contributed by atoms with Crippen LogP contribution >= 0.6 is 0 Å². The van der Waals surface area contributed by atoms with Gasteiger partial charge in [-0.25, -0.2) is 0 Å². The number of fused-ring (bicyclic) bond motifs is 1. The minimum Gasteiger partial charge on any atom is -0.464 e. The minimum absolute atomic E-state index is 0.149. The van der Waals surface area contributed by atoms with Gasteiger partial charge in [-0.3, -0.25) is 9.78 Å². The van der Waals surface area contributed by atoms with E-state index in [-0.39, 0.29) is 6.42 Å². The second-order valence-corrected chi connectivity index (χ2v) is 2.78. The predicted octanol–water partition coefficient (Wildman–Crippen LogP) is 0.856. The van der Waals surface area contributed by atoms with Crippen molar-refractivity contribution in [3.63, 3.8) is 0 Å². The van der Waals surface area contributed by atoms with Gasteiger partial charge >= 0.3 is 0 Å². The molecule has 2 heterocycles. The Morgan fingerprint density at radius 3 is 3.23 bits per heavy atom. The zero-order valence-electron chi connectivity index (χ0n) is 6.86. The first-order valence-corrected chi connectivity index (χ1v) is 3.86. The third-order valence-corrected chi connectivity index (χ3v) is 1.75. The molecule has 2 N–H and O–H groups in total. The average Bonchev–Trinajstić information content (AvgIpc) is 2.49. The fraction of sp³-hybridized carbons (Fsp3) is 0.111. The van der Waals surface area contributed by atoms with Gasteiger partial charge in [-0.05, 0) is 6.07 Å². The van der Waals surface area contributed by atoms with Gasteiger partial charge in [0.25, 0.3) is 0 Å². The van der Waals surface area contributed by atoms with Crippen molar-refractivity contribution in [1.82, 2.24) is 4.98 Å². The molecule has 66 valence electrons. The largest absolute Gasteiger partial charge is 0.464 e. The van der Waals surface area contributed by atoms with E-state index in [1.807, 2.05) is 6.07 Å². The number of carbonyl (C=O) groups is 1. The first kappa shape index (κ1) is 7.79. The van der Waals surface area contributed by atoms with Gasteiger partial charge in [-0.2, -0.15) is 0 Å². The van der Waals surface area contributed by atoms with Crippen LogP contribution in [0.4, 0.5) is 0 Å². The fourth-order valence-electron chi connectivity index (χ4n) is 1.17. The number of rotatable bonds is 2. The molecule has 2 aromatic heterocycles. The Morgan fingerprint density at radius 2 is 2.46 bits per heavy atom. The van der Waals surface area contributed by atoms with Gasteiger partial charge in [-0.15, -0.1) is 0 Å². The van der Waals surface area contributed by atoms with Gasteiger partial charge in [0, 0.05) is 17.6 Å². The SMILES string of the molecule is NC(=O)Cc1cc2occc2cn1. The van der Waals surface area contributed by atoms with Crippen LogP contribution in [0.2, 0.25) is 0 Å². The third kappa shape index (κ3) is 1.51. The van der Waals surface area contributed by atoms with Crippen LogP contribution in [0.1, 0.15) is 5.69 Å². The van der Waals surface area contributed by atoms with Crippen molar-refractivity contribution in [1.29, 1.82) is 0 Å². The topological polar surface area (TPSA) is 69.1 Å². The smallest absolute Gasteiger partial charge is 0.223 e. The highest BCUT2D eigenvalue weighted by Crippen LogP contribution is 2.14. The molecule has 0 fully saturated rings. The molecule has 0 bridgehead atoms. The number of hydrogen-bond donors (Lipinski definition) is 1. The molecule has 4 heteroatoms. The average molecular weight is 176 g/mol. The van der Waals surface area contributed by atoms with E-state index in [0.29, 0.717) is 5.69 Å². The lowest BCUT2D eigenvalue weighted by Gasteiger charge is -1.95. The molecule has 0 atom stereocenters. The van der Waals surface area contributed by atoms with Crippen LogP contribution in [-0.2, 0) is 11.2 Å². The second-order valence-electron chi connectivity index (χ2n) is 2.78. The second kappa shape index (κ2) is 2.90. The van der Waals surface area contributed by atoms with E-state index in [4.69, 9.17) is 10.2 Å². The summed E-state index contributed by atoms with van der Waals surface area (Å²) in [5.74, 6) is -0.390. The molecular formula is C9H8N2O2. The molecule has 0 unspecified atom stereocenters. The third-order valence-electron chi connectivity index (χ3n) is 1.75. The number of furan rings is 1. The zero-order chi connectivity index (χ0) is 9.26. The lowest BCUT2D eigenvalue weighted by Crippen LogP contribution is -2.14. The Labute approximate surface area is 74.4 Å². The van der Waals surface area contributed by atoms with Gasteiger partial charge in [0.05, 0.1) is 18.4 Å². The minimum atomic E-state index is -0.390. The fourth-order valence-corrected chi connectivity index (χ4v) is 1.17. The molecular weight excluding hydrogens is 168 g/mol. The van der Waals surface area contributed by atoms with Gasteiger partial charge in [-0.1, -0.05) is 0 Å². The highest BCUT2D eigenvalue weighted by atomic mass is 16.3. The lowest BCUT2D eigenvalue weighted by molar-refractivity contribution is -0.117. The Hall–Kier alpha value is -1.84. The van der Waals surface area contributed by atoms with Gasteiger partial charge in [0.15, 0.2) is 0 Å². The van der Waals surface area contributed by atoms with Gasteiger partial charge in [0.1, 0.15) is 5.58 Å². The van der Waals surface area contributed by atoms with E-state index in [9.17, 15) is 4.79 Å². The molecule has 0 radical (unpaired) electrons. The molecule has 0 aliphatic heterocycles. The van der Waals surface area contributed by atoms with Crippen LogP contribution in [0.15, 0.2) is 29.0 Å². The van der Waals surface area contributed by atoms with E-state index in [0.717, 1.165) is 11.0 Å². The summed E-state index contributed by atoms with van der Waals surface area (Å²) in [6.07, 6.45) is 3.40. The van der Waals surface area contributed by atoms with Crippen LogP contribution in [0.25, 0.3) is 11.0 Å². The number of amides is 1. The summed E-state index contributed by atoms with van der Waals surface area (Å²) in [7, 11) is 0. The standard InChI is InChI=1S/C9H8N2O2/c10-9(12)4-7-3-8-6(5-11-7)1-2-13-8/h1-3,5H,4H2,(H2,10,12). The first-order chi connectivity index (χ1) is 6.25. The van der Waals surface area contributed by atoms with Gasteiger partial charge < -0.3 is 10.2 Å². The molecule has 0 aliphatic carbocycles. The number of carbonyl (C=O) groups excluding carboxylic acids is 1. The number of hydrogen-bond acceptors (Lipinski definition) is 3. The number of nitrogens with zero attached hydrogens (tertiary/aromatic N) is 1. The van der Waals surface area contributed by atoms with Crippen molar-refractivity contribution in [3.8, 4) is 0 Å². The van der Waals surface area contributed by atoms with E-state index < -0.39 is 5.91 Å². The normalized spacial score (nSPS) is 10.5. The molecule has 2 aromatic rings. The van der Waals surface area contributed by atoms with E-state index in [1.165, 1.54) is 0 Å². The van der Waals surface area contributed by atoms with E-state index in [1.54, 1.807) is 18.5 Å². The Kier molecular flexibility index (Phi) is 1.73. The maximum atomic E-state index is 10.6. The molecule has 2 rings (SSSR count). The van der Waals surface area contributed by atoms with Crippen molar-refractivity contribution < 1.29 is 9.21 Å². The van der Waals surface area contributed by atoms with Crippen LogP contribution in [0.3, 0.4) is 0 Å². The summed E-state index contributed by atoms with van der Waals surface area (Å²) in [5.41, 5.74) is 6.40. The molecule has 0 saturated heterocycles. The van der Waals surface area contributed by atoms with Crippen molar-refractivity contribution >= 4 is 16.9 Å². The lowest BCUT2D eigenvalue weighted by atomic mass is 10.2. The van der Waals surface area contributed by atoms with Gasteiger partial charge in [0.2, 0.25) is 5.91 Å². The number of primary amides is 1. The molecule has 0 saturated carbocycles. The molecule has 1 amide bonds. The Morgan fingerprint density at radius 1 is 1.62 bits per heavy atom. The van der Waals surface area contributed by atoms with Crippen LogP contribution in [0.5, 0.6) is 0 Å². The maximum absolute atomic E-state index is 10.6. The molecule has 0 spiro atoms. The van der Waals surface area contributed by atoms with E-state index in [2.05, 4.69) is 4.98 Å². The maximum Gasteiger partial charge on any atom is 0.223 e. The van der Waals surface area contributed by atoms with Crippen molar-refractivity contribution in [2.45, 2.75) is 6.42 Å². The summed E-state index contributed by atoms with van der Waals surface area (Å²) in [5, 5.41) is 0.924. The number of pyridine rings is 1. The summed E-state index contributed by atoms with van der Waals surface area (Å²) in [6.45, 7) is 0.